The number of rotatable bonds is 1. The first-order valence-corrected chi connectivity index (χ1v) is 4.89. The summed E-state index contributed by atoms with van der Waals surface area (Å²) in [6.45, 7) is 1.75. The smallest absolute Gasteiger partial charge is 0.139 e. The van der Waals surface area contributed by atoms with E-state index in [1.807, 2.05) is 0 Å². The molecular formula is C10H16O2. The van der Waals surface area contributed by atoms with Crippen molar-refractivity contribution in [3.8, 4) is 0 Å². The maximum atomic E-state index is 11.5. The third-order valence-electron chi connectivity index (χ3n) is 3.47. The molecule has 0 aromatic carbocycles. The molecule has 4 unspecified atom stereocenters. The highest BCUT2D eigenvalue weighted by Crippen LogP contribution is 2.44. The third-order valence-corrected chi connectivity index (χ3v) is 3.47. The Balaban J connectivity index is 2.15. The predicted octanol–water partition coefficient (Wildman–Crippen LogP) is 1.37. The molecule has 2 aliphatic rings. The average molecular weight is 168 g/mol. The van der Waals surface area contributed by atoms with Crippen molar-refractivity contribution in [2.75, 3.05) is 0 Å². The molecule has 2 saturated carbocycles. The normalized spacial score (nSPS) is 43.2. The van der Waals surface area contributed by atoms with Crippen molar-refractivity contribution in [1.82, 2.24) is 0 Å². The number of hydrogen-bond donors (Lipinski definition) is 1. The zero-order chi connectivity index (χ0) is 8.72. The van der Waals surface area contributed by atoms with Crippen molar-refractivity contribution in [1.29, 1.82) is 0 Å². The number of aliphatic hydroxyl groups excluding tert-OH is 1. The molecule has 68 valence electrons. The number of carbonyl (C=O) groups excluding carboxylic acids is 1. The molecule has 0 aliphatic heterocycles. The first kappa shape index (κ1) is 8.24. The lowest BCUT2D eigenvalue weighted by Crippen LogP contribution is -2.35. The molecule has 0 aromatic heterocycles. The highest BCUT2D eigenvalue weighted by molar-refractivity contribution is 5.83. The van der Waals surface area contributed by atoms with Crippen molar-refractivity contribution >= 4 is 5.78 Å². The van der Waals surface area contributed by atoms with E-state index < -0.39 is 6.10 Å². The molecule has 2 bridgehead atoms. The highest BCUT2D eigenvalue weighted by atomic mass is 16.3. The molecule has 2 rings (SSSR count). The lowest BCUT2D eigenvalue weighted by molar-refractivity contribution is -0.131. The topological polar surface area (TPSA) is 37.3 Å². The van der Waals surface area contributed by atoms with Gasteiger partial charge in [0.15, 0.2) is 0 Å². The van der Waals surface area contributed by atoms with E-state index in [1.165, 1.54) is 12.8 Å². The maximum Gasteiger partial charge on any atom is 0.139 e. The largest absolute Gasteiger partial charge is 0.393 e. The van der Waals surface area contributed by atoms with Crippen LogP contribution in [0.3, 0.4) is 0 Å². The summed E-state index contributed by atoms with van der Waals surface area (Å²) in [6, 6.07) is 0. The summed E-state index contributed by atoms with van der Waals surface area (Å²) in [5.41, 5.74) is 0. The van der Waals surface area contributed by atoms with Gasteiger partial charge in [-0.3, -0.25) is 4.79 Å². The van der Waals surface area contributed by atoms with Crippen LogP contribution in [0.25, 0.3) is 0 Å². The van der Waals surface area contributed by atoms with Crippen molar-refractivity contribution in [2.24, 2.45) is 17.8 Å². The van der Waals surface area contributed by atoms with E-state index >= 15 is 0 Å². The van der Waals surface area contributed by atoms with E-state index in [2.05, 4.69) is 0 Å². The molecule has 0 radical (unpaired) electrons. The fourth-order valence-electron chi connectivity index (χ4n) is 2.97. The minimum Gasteiger partial charge on any atom is -0.393 e. The van der Waals surface area contributed by atoms with Crippen molar-refractivity contribution in [3.63, 3.8) is 0 Å². The van der Waals surface area contributed by atoms with Crippen LogP contribution >= 0.6 is 0 Å². The Morgan fingerprint density at radius 2 is 2.25 bits per heavy atom. The fraction of sp³-hybridized carbons (Fsp3) is 0.900. The van der Waals surface area contributed by atoms with Gasteiger partial charge in [0, 0.05) is 12.3 Å². The van der Waals surface area contributed by atoms with E-state index in [0.29, 0.717) is 17.6 Å². The molecule has 2 fully saturated rings. The van der Waals surface area contributed by atoms with Gasteiger partial charge >= 0.3 is 0 Å². The molecule has 4 atom stereocenters. The monoisotopic (exact) mass is 168 g/mol. The van der Waals surface area contributed by atoms with Gasteiger partial charge in [0.05, 0.1) is 6.10 Å². The number of aliphatic hydroxyl groups is 1. The van der Waals surface area contributed by atoms with E-state index in [4.69, 9.17) is 0 Å². The van der Waals surface area contributed by atoms with Crippen molar-refractivity contribution < 1.29 is 9.90 Å². The third kappa shape index (κ3) is 1.18. The first-order chi connectivity index (χ1) is 5.68. The Labute approximate surface area is 73.0 Å². The molecule has 1 N–H and O–H groups in total. The van der Waals surface area contributed by atoms with Gasteiger partial charge in [0.2, 0.25) is 0 Å². The van der Waals surface area contributed by atoms with Gasteiger partial charge in [-0.25, -0.2) is 0 Å². The maximum absolute atomic E-state index is 11.5. The Hall–Kier alpha value is -0.370. The Morgan fingerprint density at radius 3 is 2.92 bits per heavy atom. The van der Waals surface area contributed by atoms with Gasteiger partial charge in [0.1, 0.15) is 5.78 Å². The number of hydrogen-bond acceptors (Lipinski definition) is 2. The van der Waals surface area contributed by atoms with E-state index in [9.17, 15) is 9.90 Å². The summed E-state index contributed by atoms with van der Waals surface area (Å²) in [6.07, 6.45) is 3.85. The minimum absolute atomic E-state index is 0.0382. The summed E-state index contributed by atoms with van der Waals surface area (Å²) in [5.74, 6) is 1.42. The number of Topliss-reactive ketones (excluding diaryl/α,β-unsaturated/α-hetero) is 1. The lowest BCUT2D eigenvalue weighted by atomic mass is 9.76. The molecule has 0 amide bonds. The van der Waals surface area contributed by atoms with Crippen LogP contribution in [-0.4, -0.2) is 17.0 Å². The SMILES string of the molecule is CC(O)C1C(=O)CC2CCC1C2. The molecule has 2 aliphatic carbocycles. The van der Waals surface area contributed by atoms with Crippen LogP contribution in [0, 0.1) is 17.8 Å². The molecule has 0 aromatic rings. The van der Waals surface area contributed by atoms with Gasteiger partial charge in [0.25, 0.3) is 0 Å². The van der Waals surface area contributed by atoms with E-state index in [-0.39, 0.29) is 5.92 Å². The molecule has 0 saturated heterocycles. The quantitative estimate of drug-likeness (QED) is 0.642. The van der Waals surface area contributed by atoms with E-state index in [0.717, 1.165) is 12.8 Å². The first-order valence-electron chi connectivity index (χ1n) is 4.89. The number of ketones is 1. The summed E-state index contributed by atoms with van der Waals surface area (Å²) >= 11 is 0. The standard InChI is InChI=1S/C10H16O2/c1-6(11)10-8-3-2-7(4-8)5-9(10)12/h6-8,10-11H,2-5H2,1H3. The van der Waals surface area contributed by atoms with Gasteiger partial charge in [-0.15, -0.1) is 0 Å². The zero-order valence-electron chi connectivity index (χ0n) is 7.49. The second-order valence-electron chi connectivity index (χ2n) is 4.38. The summed E-state index contributed by atoms with van der Waals surface area (Å²) in [5, 5.41) is 9.45. The lowest BCUT2D eigenvalue weighted by Gasteiger charge is -2.29. The zero-order valence-corrected chi connectivity index (χ0v) is 7.49. The molecule has 0 spiro atoms. The Kier molecular flexibility index (Phi) is 1.95. The molecular weight excluding hydrogens is 152 g/mol. The van der Waals surface area contributed by atoms with Crippen LogP contribution in [0.2, 0.25) is 0 Å². The van der Waals surface area contributed by atoms with Crippen LogP contribution in [0.1, 0.15) is 32.6 Å². The number of fused-ring (bicyclic) bond motifs is 2. The van der Waals surface area contributed by atoms with Crippen molar-refractivity contribution in [2.45, 2.75) is 38.7 Å². The summed E-state index contributed by atoms with van der Waals surface area (Å²) in [7, 11) is 0. The predicted molar refractivity (Wildman–Crippen MR) is 45.6 cm³/mol. The van der Waals surface area contributed by atoms with Gasteiger partial charge in [-0.2, -0.15) is 0 Å². The Bertz CT molecular complexity index is 198. The van der Waals surface area contributed by atoms with Crippen LogP contribution < -0.4 is 0 Å². The molecule has 2 heteroatoms. The molecule has 12 heavy (non-hydrogen) atoms. The van der Waals surface area contributed by atoms with Crippen LogP contribution in [0.5, 0.6) is 0 Å². The van der Waals surface area contributed by atoms with Gasteiger partial charge in [-0.05, 0) is 38.0 Å². The fourth-order valence-corrected chi connectivity index (χ4v) is 2.97. The molecule has 2 nitrogen and oxygen atoms in total. The molecule has 0 heterocycles. The van der Waals surface area contributed by atoms with Gasteiger partial charge < -0.3 is 5.11 Å². The van der Waals surface area contributed by atoms with Crippen LogP contribution in [-0.2, 0) is 4.79 Å². The second kappa shape index (κ2) is 2.84. The number of carbonyl (C=O) groups is 1. The Morgan fingerprint density at radius 1 is 1.50 bits per heavy atom. The van der Waals surface area contributed by atoms with E-state index in [1.54, 1.807) is 6.92 Å². The van der Waals surface area contributed by atoms with Crippen LogP contribution in [0.15, 0.2) is 0 Å². The average Bonchev–Trinajstić information content (AvgIpc) is 2.31. The summed E-state index contributed by atoms with van der Waals surface area (Å²) < 4.78 is 0. The second-order valence-corrected chi connectivity index (χ2v) is 4.38. The minimum atomic E-state index is -0.429. The van der Waals surface area contributed by atoms with Crippen LogP contribution in [0.4, 0.5) is 0 Å². The van der Waals surface area contributed by atoms with Crippen molar-refractivity contribution in [3.05, 3.63) is 0 Å². The van der Waals surface area contributed by atoms with Gasteiger partial charge in [-0.1, -0.05) is 0 Å². The highest BCUT2D eigenvalue weighted by Gasteiger charge is 2.42. The summed E-state index contributed by atoms with van der Waals surface area (Å²) in [4.78, 5) is 11.5.